The topological polar surface area (TPSA) is 41.1 Å². The Hall–Kier alpha value is -1.49. The zero-order valence-corrected chi connectivity index (χ0v) is 9.89. The van der Waals surface area contributed by atoms with Crippen LogP contribution in [0.4, 0.5) is 8.78 Å². The minimum absolute atomic E-state index is 0.0903. The van der Waals surface area contributed by atoms with Crippen molar-refractivity contribution in [1.82, 2.24) is 10.6 Å². The molecule has 0 bridgehead atoms. The maximum atomic E-state index is 12.9. The van der Waals surface area contributed by atoms with Gasteiger partial charge in [-0.25, -0.2) is 8.78 Å². The average Bonchev–Trinajstić information content (AvgIpc) is 2.22. The summed E-state index contributed by atoms with van der Waals surface area (Å²) < 4.78 is 25.5. The molecule has 2 N–H and O–H groups in total. The molecule has 94 valence electrons. The number of benzene rings is 1. The van der Waals surface area contributed by atoms with Crippen molar-refractivity contribution in [2.45, 2.75) is 26.4 Å². The fraction of sp³-hybridized carbons (Fsp3) is 0.417. The van der Waals surface area contributed by atoms with Crippen molar-refractivity contribution in [3.8, 4) is 0 Å². The molecule has 1 aromatic rings. The molecule has 0 aliphatic rings. The molecule has 3 nitrogen and oxygen atoms in total. The fourth-order valence-electron chi connectivity index (χ4n) is 1.34. The molecule has 0 saturated carbocycles. The molecule has 0 saturated heterocycles. The molecule has 0 aliphatic heterocycles. The van der Waals surface area contributed by atoms with E-state index in [0.29, 0.717) is 12.1 Å². The van der Waals surface area contributed by atoms with Crippen molar-refractivity contribution in [2.75, 3.05) is 6.54 Å². The summed E-state index contributed by atoms with van der Waals surface area (Å²) in [5.74, 6) is -1.87. The van der Waals surface area contributed by atoms with Gasteiger partial charge in [0.2, 0.25) is 5.91 Å². The van der Waals surface area contributed by atoms with E-state index >= 15 is 0 Å². The van der Waals surface area contributed by atoms with Gasteiger partial charge in [0.25, 0.3) is 0 Å². The van der Waals surface area contributed by atoms with Gasteiger partial charge in [-0.1, -0.05) is 6.07 Å². The normalized spacial score (nSPS) is 10.6. The summed E-state index contributed by atoms with van der Waals surface area (Å²) in [6.07, 6.45) is 0. The number of amides is 1. The van der Waals surface area contributed by atoms with Crippen molar-refractivity contribution in [1.29, 1.82) is 0 Å². The monoisotopic (exact) mass is 242 g/mol. The maximum absolute atomic E-state index is 12.9. The van der Waals surface area contributed by atoms with Gasteiger partial charge in [-0.15, -0.1) is 0 Å². The van der Waals surface area contributed by atoms with Crippen LogP contribution in [-0.2, 0) is 11.3 Å². The standard InChI is InChI=1S/C12H16F2N2O/c1-8(2)16-12(17)7-15-6-9-3-4-10(13)11(14)5-9/h3-5,8,15H,6-7H2,1-2H3,(H,16,17). The van der Waals surface area contributed by atoms with Gasteiger partial charge < -0.3 is 10.6 Å². The van der Waals surface area contributed by atoms with E-state index in [1.54, 1.807) is 0 Å². The first-order chi connectivity index (χ1) is 7.99. The second-order valence-corrected chi connectivity index (χ2v) is 4.07. The molecule has 0 spiro atoms. The molecule has 1 amide bonds. The van der Waals surface area contributed by atoms with E-state index in [1.807, 2.05) is 13.8 Å². The second-order valence-electron chi connectivity index (χ2n) is 4.07. The number of carbonyl (C=O) groups is 1. The summed E-state index contributed by atoms with van der Waals surface area (Å²) in [5.41, 5.74) is 0.598. The zero-order valence-electron chi connectivity index (χ0n) is 9.89. The van der Waals surface area contributed by atoms with E-state index in [9.17, 15) is 13.6 Å². The number of halogens is 2. The van der Waals surface area contributed by atoms with Gasteiger partial charge in [-0.3, -0.25) is 4.79 Å². The Morgan fingerprint density at radius 3 is 2.59 bits per heavy atom. The van der Waals surface area contributed by atoms with Crippen LogP contribution in [0.15, 0.2) is 18.2 Å². The Bertz CT molecular complexity index is 394. The zero-order chi connectivity index (χ0) is 12.8. The fourth-order valence-corrected chi connectivity index (χ4v) is 1.34. The Labute approximate surface area is 99.2 Å². The molecule has 0 unspecified atom stereocenters. The highest BCUT2D eigenvalue weighted by Gasteiger charge is 2.04. The molecule has 0 fully saturated rings. The van der Waals surface area contributed by atoms with E-state index < -0.39 is 11.6 Å². The van der Waals surface area contributed by atoms with Crippen molar-refractivity contribution >= 4 is 5.91 Å². The highest BCUT2D eigenvalue weighted by Crippen LogP contribution is 2.08. The highest BCUT2D eigenvalue weighted by molar-refractivity contribution is 5.78. The second kappa shape index (κ2) is 6.30. The summed E-state index contributed by atoms with van der Waals surface area (Å²) in [7, 11) is 0. The van der Waals surface area contributed by atoms with Crippen LogP contribution in [-0.4, -0.2) is 18.5 Å². The molecule has 0 radical (unpaired) electrons. The van der Waals surface area contributed by atoms with E-state index in [0.717, 1.165) is 12.1 Å². The molecular formula is C12H16F2N2O. The molecular weight excluding hydrogens is 226 g/mol. The third-order valence-electron chi connectivity index (χ3n) is 2.05. The Balaban J connectivity index is 2.36. The molecule has 17 heavy (non-hydrogen) atoms. The summed E-state index contributed by atoms with van der Waals surface area (Å²) in [6.45, 7) is 4.21. The van der Waals surface area contributed by atoms with Crippen LogP contribution in [0, 0.1) is 11.6 Å². The van der Waals surface area contributed by atoms with Gasteiger partial charge in [0.15, 0.2) is 11.6 Å². The van der Waals surface area contributed by atoms with Gasteiger partial charge >= 0.3 is 0 Å². The smallest absolute Gasteiger partial charge is 0.234 e. The first-order valence-electron chi connectivity index (χ1n) is 5.43. The number of hydrogen-bond acceptors (Lipinski definition) is 2. The third kappa shape index (κ3) is 4.91. The summed E-state index contributed by atoms with van der Waals surface area (Å²) in [4.78, 5) is 11.3. The highest BCUT2D eigenvalue weighted by atomic mass is 19.2. The predicted octanol–water partition coefficient (Wildman–Crippen LogP) is 1.58. The van der Waals surface area contributed by atoms with Crippen LogP contribution < -0.4 is 10.6 Å². The van der Waals surface area contributed by atoms with E-state index in [2.05, 4.69) is 10.6 Å². The van der Waals surface area contributed by atoms with Gasteiger partial charge in [0, 0.05) is 12.6 Å². The molecule has 0 aliphatic carbocycles. The van der Waals surface area contributed by atoms with Crippen LogP contribution in [0.2, 0.25) is 0 Å². The van der Waals surface area contributed by atoms with Crippen molar-refractivity contribution in [3.63, 3.8) is 0 Å². The van der Waals surface area contributed by atoms with Crippen molar-refractivity contribution in [2.24, 2.45) is 0 Å². The number of rotatable bonds is 5. The number of nitrogens with one attached hydrogen (secondary N) is 2. The van der Waals surface area contributed by atoms with Gasteiger partial charge in [0.05, 0.1) is 6.54 Å². The molecule has 1 rings (SSSR count). The average molecular weight is 242 g/mol. The number of carbonyl (C=O) groups excluding carboxylic acids is 1. The Morgan fingerprint density at radius 2 is 2.00 bits per heavy atom. The SMILES string of the molecule is CC(C)NC(=O)CNCc1ccc(F)c(F)c1. The lowest BCUT2D eigenvalue weighted by Crippen LogP contribution is -2.37. The van der Waals surface area contributed by atoms with Crippen LogP contribution in [0.3, 0.4) is 0 Å². The Morgan fingerprint density at radius 1 is 1.29 bits per heavy atom. The minimum atomic E-state index is -0.879. The minimum Gasteiger partial charge on any atom is -0.353 e. The van der Waals surface area contributed by atoms with Crippen LogP contribution in [0.5, 0.6) is 0 Å². The lowest BCUT2D eigenvalue weighted by Gasteiger charge is -2.09. The molecule has 1 aromatic carbocycles. The third-order valence-corrected chi connectivity index (χ3v) is 2.05. The first-order valence-corrected chi connectivity index (χ1v) is 5.43. The molecule has 5 heteroatoms. The summed E-state index contributed by atoms with van der Waals surface area (Å²) >= 11 is 0. The van der Waals surface area contributed by atoms with E-state index in [-0.39, 0.29) is 18.5 Å². The maximum Gasteiger partial charge on any atom is 0.234 e. The molecule has 0 heterocycles. The quantitative estimate of drug-likeness (QED) is 0.823. The lowest BCUT2D eigenvalue weighted by atomic mass is 10.2. The first kappa shape index (κ1) is 13.6. The van der Waals surface area contributed by atoms with Gasteiger partial charge in [-0.2, -0.15) is 0 Å². The van der Waals surface area contributed by atoms with Gasteiger partial charge in [0.1, 0.15) is 0 Å². The van der Waals surface area contributed by atoms with Crippen molar-refractivity contribution < 1.29 is 13.6 Å². The summed E-state index contributed by atoms with van der Waals surface area (Å²) in [5, 5.41) is 5.57. The van der Waals surface area contributed by atoms with Crippen molar-refractivity contribution in [3.05, 3.63) is 35.4 Å². The van der Waals surface area contributed by atoms with Gasteiger partial charge in [-0.05, 0) is 31.5 Å². The van der Waals surface area contributed by atoms with E-state index in [4.69, 9.17) is 0 Å². The van der Waals surface area contributed by atoms with E-state index in [1.165, 1.54) is 6.07 Å². The number of hydrogen-bond donors (Lipinski definition) is 2. The lowest BCUT2D eigenvalue weighted by molar-refractivity contribution is -0.120. The van der Waals surface area contributed by atoms with Crippen LogP contribution in [0.25, 0.3) is 0 Å². The Kier molecular flexibility index (Phi) is 5.03. The largest absolute Gasteiger partial charge is 0.353 e. The molecule has 0 atom stereocenters. The predicted molar refractivity (Wildman–Crippen MR) is 61.3 cm³/mol. The summed E-state index contributed by atoms with van der Waals surface area (Å²) in [6, 6.07) is 3.75. The van der Waals surface area contributed by atoms with Crippen LogP contribution >= 0.6 is 0 Å². The van der Waals surface area contributed by atoms with Crippen LogP contribution in [0.1, 0.15) is 19.4 Å². The molecule has 0 aromatic heterocycles.